The van der Waals surface area contributed by atoms with Gasteiger partial charge in [0, 0.05) is 24.7 Å². The van der Waals surface area contributed by atoms with Crippen LogP contribution in [0.2, 0.25) is 0 Å². The van der Waals surface area contributed by atoms with Crippen molar-refractivity contribution in [2.45, 2.75) is 71.9 Å². The molecule has 0 saturated heterocycles. The van der Waals surface area contributed by atoms with Crippen LogP contribution in [-0.2, 0) is 13.0 Å². The van der Waals surface area contributed by atoms with Crippen molar-refractivity contribution in [1.82, 2.24) is 15.1 Å². The van der Waals surface area contributed by atoms with Gasteiger partial charge in [-0.25, -0.2) is 0 Å². The van der Waals surface area contributed by atoms with E-state index in [1.165, 1.54) is 37.8 Å². The molecule has 1 heterocycles. The van der Waals surface area contributed by atoms with E-state index in [0.29, 0.717) is 6.04 Å². The quantitative estimate of drug-likeness (QED) is 0.818. The molecule has 1 aliphatic rings. The summed E-state index contributed by atoms with van der Waals surface area (Å²) in [5.41, 5.74) is 2.55. The van der Waals surface area contributed by atoms with Crippen molar-refractivity contribution in [3.63, 3.8) is 0 Å². The molecule has 1 aliphatic carbocycles. The average Bonchev–Trinajstić information content (AvgIpc) is 3.03. The van der Waals surface area contributed by atoms with Crippen LogP contribution in [-0.4, -0.2) is 22.4 Å². The van der Waals surface area contributed by atoms with Gasteiger partial charge in [-0.1, -0.05) is 19.8 Å². The first-order chi connectivity index (χ1) is 9.24. The summed E-state index contributed by atoms with van der Waals surface area (Å²) in [6.07, 6.45) is 8.00. The summed E-state index contributed by atoms with van der Waals surface area (Å²) >= 11 is 0. The van der Waals surface area contributed by atoms with E-state index in [-0.39, 0.29) is 0 Å². The van der Waals surface area contributed by atoms with Crippen LogP contribution in [0.5, 0.6) is 0 Å². The first-order valence-corrected chi connectivity index (χ1v) is 8.01. The Morgan fingerprint density at radius 2 is 2.11 bits per heavy atom. The zero-order valence-corrected chi connectivity index (χ0v) is 12.8. The molecule has 1 saturated carbocycles. The standard InChI is InChI=1S/C16H29N3/c1-4-10-17-16(14-8-6-7-9-14)12-15-11-13(3)18-19(15)5-2/h11,14,16-17H,4-10,12H2,1-3H3. The Hall–Kier alpha value is -0.830. The third kappa shape index (κ3) is 3.82. The number of aromatic nitrogens is 2. The summed E-state index contributed by atoms with van der Waals surface area (Å²) in [5, 5.41) is 8.36. The van der Waals surface area contributed by atoms with Gasteiger partial charge in [0.05, 0.1) is 5.69 Å². The van der Waals surface area contributed by atoms with E-state index in [0.717, 1.165) is 31.1 Å². The summed E-state index contributed by atoms with van der Waals surface area (Å²) < 4.78 is 2.17. The van der Waals surface area contributed by atoms with E-state index in [9.17, 15) is 0 Å². The second kappa shape index (κ2) is 7.09. The van der Waals surface area contributed by atoms with Gasteiger partial charge in [-0.05, 0) is 51.6 Å². The molecule has 1 aromatic heterocycles. The molecule has 1 atom stereocenters. The maximum Gasteiger partial charge on any atom is 0.0596 e. The van der Waals surface area contributed by atoms with Crippen LogP contribution in [0.25, 0.3) is 0 Å². The van der Waals surface area contributed by atoms with Crippen molar-refractivity contribution in [2.24, 2.45) is 5.92 Å². The van der Waals surface area contributed by atoms with E-state index >= 15 is 0 Å². The van der Waals surface area contributed by atoms with Crippen LogP contribution in [0, 0.1) is 12.8 Å². The Morgan fingerprint density at radius 3 is 2.74 bits per heavy atom. The third-order valence-electron chi connectivity index (χ3n) is 4.34. The number of rotatable bonds is 7. The van der Waals surface area contributed by atoms with Gasteiger partial charge in [0.2, 0.25) is 0 Å². The summed E-state index contributed by atoms with van der Waals surface area (Å²) in [6.45, 7) is 8.65. The summed E-state index contributed by atoms with van der Waals surface area (Å²) in [6, 6.07) is 2.91. The second-order valence-corrected chi connectivity index (χ2v) is 5.90. The molecule has 0 amide bonds. The molecule has 0 aliphatic heterocycles. The predicted octanol–water partition coefficient (Wildman–Crippen LogP) is 3.31. The molecule has 0 aromatic carbocycles. The second-order valence-electron chi connectivity index (χ2n) is 5.90. The largest absolute Gasteiger partial charge is 0.313 e. The topological polar surface area (TPSA) is 29.9 Å². The predicted molar refractivity (Wildman–Crippen MR) is 80.4 cm³/mol. The van der Waals surface area contributed by atoms with E-state index < -0.39 is 0 Å². The van der Waals surface area contributed by atoms with Crippen LogP contribution < -0.4 is 5.32 Å². The van der Waals surface area contributed by atoms with Gasteiger partial charge in [-0.15, -0.1) is 0 Å². The van der Waals surface area contributed by atoms with Crippen molar-refractivity contribution in [2.75, 3.05) is 6.54 Å². The van der Waals surface area contributed by atoms with Gasteiger partial charge in [-0.2, -0.15) is 5.10 Å². The molecule has 1 unspecified atom stereocenters. The first kappa shape index (κ1) is 14.6. The fraction of sp³-hybridized carbons (Fsp3) is 0.812. The molecule has 0 radical (unpaired) electrons. The lowest BCUT2D eigenvalue weighted by molar-refractivity contribution is 0.349. The zero-order valence-electron chi connectivity index (χ0n) is 12.8. The lowest BCUT2D eigenvalue weighted by atomic mass is 9.93. The molecule has 0 spiro atoms. The van der Waals surface area contributed by atoms with E-state index in [1.807, 2.05) is 0 Å². The smallest absolute Gasteiger partial charge is 0.0596 e. The number of nitrogens with zero attached hydrogens (tertiary/aromatic N) is 2. The fourth-order valence-corrected chi connectivity index (χ4v) is 3.36. The van der Waals surface area contributed by atoms with E-state index in [2.05, 4.69) is 41.9 Å². The average molecular weight is 263 g/mol. The van der Waals surface area contributed by atoms with Gasteiger partial charge in [-0.3, -0.25) is 4.68 Å². The highest BCUT2D eigenvalue weighted by Crippen LogP contribution is 2.29. The molecule has 19 heavy (non-hydrogen) atoms. The van der Waals surface area contributed by atoms with Gasteiger partial charge >= 0.3 is 0 Å². The summed E-state index contributed by atoms with van der Waals surface area (Å²) in [7, 11) is 0. The number of hydrogen-bond donors (Lipinski definition) is 1. The van der Waals surface area contributed by atoms with Crippen molar-refractivity contribution < 1.29 is 0 Å². The van der Waals surface area contributed by atoms with Gasteiger partial charge in [0.1, 0.15) is 0 Å². The number of hydrogen-bond acceptors (Lipinski definition) is 2. The van der Waals surface area contributed by atoms with Crippen LogP contribution in [0.3, 0.4) is 0 Å². The van der Waals surface area contributed by atoms with Gasteiger partial charge in [0.25, 0.3) is 0 Å². The van der Waals surface area contributed by atoms with Gasteiger partial charge in [0.15, 0.2) is 0 Å². The maximum atomic E-state index is 4.58. The highest BCUT2D eigenvalue weighted by Gasteiger charge is 2.25. The Bertz CT molecular complexity index is 377. The fourth-order valence-electron chi connectivity index (χ4n) is 3.36. The van der Waals surface area contributed by atoms with E-state index in [1.54, 1.807) is 0 Å². The summed E-state index contributed by atoms with van der Waals surface area (Å²) in [5.74, 6) is 0.868. The highest BCUT2D eigenvalue weighted by molar-refractivity contribution is 5.11. The minimum absolute atomic E-state index is 0.642. The van der Waals surface area contributed by atoms with E-state index in [4.69, 9.17) is 0 Å². The lowest BCUT2D eigenvalue weighted by Gasteiger charge is -2.25. The molecule has 108 valence electrons. The van der Waals surface area contributed by atoms with Crippen LogP contribution in [0.15, 0.2) is 6.07 Å². The first-order valence-electron chi connectivity index (χ1n) is 8.01. The Kier molecular flexibility index (Phi) is 5.44. The molecular weight excluding hydrogens is 234 g/mol. The highest BCUT2D eigenvalue weighted by atomic mass is 15.3. The molecule has 3 heteroatoms. The number of aryl methyl sites for hydroxylation is 2. The molecule has 2 rings (SSSR count). The molecule has 0 bridgehead atoms. The molecule has 1 aromatic rings. The monoisotopic (exact) mass is 263 g/mol. The lowest BCUT2D eigenvalue weighted by Crippen LogP contribution is -2.38. The summed E-state index contributed by atoms with van der Waals surface area (Å²) in [4.78, 5) is 0. The third-order valence-corrected chi connectivity index (χ3v) is 4.34. The van der Waals surface area contributed by atoms with Crippen molar-refractivity contribution in [3.05, 3.63) is 17.5 Å². The Morgan fingerprint density at radius 1 is 1.37 bits per heavy atom. The van der Waals surface area contributed by atoms with Crippen LogP contribution in [0.1, 0.15) is 57.3 Å². The van der Waals surface area contributed by atoms with Crippen molar-refractivity contribution in [3.8, 4) is 0 Å². The molecule has 1 fully saturated rings. The number of nitrogens with one attached hydrogen (secondary N) is 1. The zero-order chi connectivity index (χ0) is 13.7. The SMILES string of the molecule is CCCNC(Cc1cc(C)nn1CC)C1CCCC1. The minimum atomic E-state index is 0.642. The van der Waals surface area contributed by atoms with Crippen molar-refractivity contribution >= 4 is 0 Å². The molecule has 3 nitrogen and oxygen atoms in total. The maximum absolute atomic E-state index is 4.58. The minimum Gasteiger partial charge on any atom is -0.313 e. The molecule has 1 N–H and O–H groups in total. The molecular formula is C16H29N3. The van der Waals surface area contributed by atoms with Crippen LogP contribution in [0.4, 0.5) is 0 Å². The van der Waals surface area contributed by atoms with Crippen LogP contribution >= 0.6 is 0 Å². The Balaban J connectivity index is 2.05. The van der Waals surface area contributed by atoms with Gasteiger partial charge < -0.3 is 5.32 Å². The normalized spacial score (nSPS) is 18.1. The van der Waals surface area contributed by atoms with Crippen molar-refractivity contribution in [1.29, 1.82) is 0 Å². The Labute approximate surface area is 117 Å².